The van der Waals surface area contributed by atoms with Crippen molar-refractivity contribution in [1.29, 1.82) is 0 Å². The summed E-state index contributed by atoms with van der Waals surface area (Å²) in [7, 11) is 0. The minimum Gasteiger partial charge on any atom is -0.314 e. The van der Waals surface area contributed by atoms with Crippen LogP contribution < -0.4 is 5.32 Å². The van der Waals surface area contributed by atoms with E-state index in [-0.39, 0.29) is 11.9 Å². The second kappa shape index (κ2) is 5.90. The van der Waals surface area contributed by atoms with Crippen molar-refractivity contribution in [2.75, 3.05) is 26.2 Å². The molecule has 0 radical (unpaired) electrons. The van der Waals surface area contributed by atoms with Crippen LogP contribution in [0.4, 0.5) is 4.39 Å². The first-order chi connectivity index (χ1) is 9.25. The summed E-state index contributed by atoms with van der Waals surface area (Å²) < 4.78 is 15.0. The average molecular weight is 327 g/mol. The lowest BCUT2D eigenvalue weighted by molar-refractivity contribution is 0.157. The Balaban J connectivity index is 1.86. The molecule has 2 nitrogen and oxygen atoms in total. The van der Waals surface area contributed by atoms with Crippen LogP contribution in [0.2, 0.25) is 0 Å². The number of hydrogen-bond donors (Lipinski definition) is 1. The number of halogens is 2. The third-order valence-corrected chi connectivity index (χ3v) is 4.80. The van der Waals surface area contributed by atoms with Crippen LogP contribution in [0.3, 0.4) is 0 Å². The van der Waals surface area contributed by atoms with Gasteiger partial charge in [-0.2, -0.15) is 0 Å². The average Bonchev–Trinajstić information content (AvgIpc) is 3.25. The fourth-order valence-electron chi connectivity index (χ4n) is 2.91. The highest BCUT2D eigenvalue weighted by atomic mass is 79.9. The Morgan fingerprint density at radius 1 is 1.32 bits per heavy atom. The van der Waals surface area contributed by atoms with Crippen LogP contribution >= 0.6 is 15.9 Å². The summed E-state index contributed by atoms with van der Waals surface area (Å²) in [6, 6.07) is 5.93. The van der Waals surface area contributed by atoms with Crippen LogP contribution in [0.25, 0.3) is 0 Å². The third-order valence-electron chi connectivity index (χ3n) is 4.19. The van der Waals surface area contributed by atoms with Crippen LogP contribution in [0.15, 0.2) is 22.7 Å². The topological polar surface area (TPSA) is 15.3 Å². The number of hydrogen-bond acceptors (Lipinski definition) is 2. The molecule has 0 unspecified atom stereocenters. The Hall–Kier alpha value is -0.450. The summed E-state index contributed by atoms with van der Waals surface area (Å²) in [5, 5.41) is 3.37. The highest BCUT2D eigenvalue weighted by Gasteiger charge is 2.32. The molecule has 0 amide bonds. The van der Waals surface area contributed by atoms with Gasteiger partial charge in [0.15, 0.2) is 0 Å². The van der Waals surface area contributed by atoms with Gasteiger partial charge in [-0.1, -0.05) is 25.0 Å². The number of nitrogens with one attached hydrogen (secondary N) is 1. The monoisotopic (exact) mass is 326 g/mol. The SMILES string of the molecule is Fc1c(Br)cccc1[C@H](CC1CC1)N1CCNCC1. The molecule has 0 bridgehead atoms. The minimum absolute atomic E-state index is 0.0771. The molecule has 19 heavy (non-hydrogen) atoms. The highest BCUT2D eigenvalue weighted by Crippen LogP contribution is 2.41. The summed E-state index contributed by atoms with van der Waals surface area (Å²) in [5.41, 5.74) is 0.864. The van der Waals surface area contributed by atoms with E-state index in [1.807, 2.05) is 12.1 Å². The van der Waals surface area contributed by atoms with Gasteiger partial charge >= 0.3 is 0 Å². The van der Waals surface area contributed by atoms with Crippen molar-refractivity contribution in [2.45, 2.75) is 25.3 Å². The Bertz CT molecular complexity index is 442. The van der Waals surface area contributed by atoms with Crippen molar-refractivity contribution in [3.05, 3.63) is 34.1 Å². The molecule has 3 rings (SSSR count). The normalized spacial score (nSPS) is 22.4. The first kappa shape index (κ1) is 13.5. The lowest BCUT2D eigenvalue weighted by Gasteiger charge is -2.35. The fourth-order valence-corrected chi connectivity index (χ4v) is 3.30. The lowest BCUT2D eigenvalue weighted by Crippen LogP contribution is -2.45. The van der Waals surface area contributed by atoms with E-state index >= 15 is 0 Å². The Labute approximate surface area is 122 Å². The van der Waals surface area contributed by atoms with Gasteiger partial charge in [-0.05, 0) is 34.3 Å². The molecule has 2 fully saturated rings. The fraction of sp³-hybridized carbons (Fsp3) is 0.600. The molecule has 1 saturated heterocycles. The molecule has 2 aliphatic rings. The van der Waals surface area contributed by atoms with Crippen molar-refractivity contribution in [2.24, 2.45) is 5.92 Å². The number of rotatable bonds is 4. The Kier molecular flexibility index (Phi) is 4.20. The van der Waals surface area contributed by atoms with Gasteiger partial charge in [0.25, 0.3) is 0 Å². The smallest absolute Gasteiger partial charge is 0.142 e. The summed E-state index contributed by atoms with van der Waals surface area (Å²) in [4.78, 5) is 2.44. The van der Waals surface area contributed by atoms with Crippen LogP contribution in [0.1, 0.15) is 30.9 Å². The molecule has 1 atom stereocenters. The van der Waals surface area contributed by atoms with Crippen LogP contribution in [-0.4, -0.2) is 31.1 Å². The maximum Gasteiger partial charge on any atom is 0.142 e. The predicted octanol–water partition coefficient (Wildman–Crippen LogP) is 3.33. The standard InChI is InChI=1S/C15H20BrFN2/c16-13-3-1-2-12(15(13)17)14(10-11-4-5-11)19-8-6-18-7-9-19/h1-3,11,14,18H,4-10H2/t14-/m0/s1. The van der Waals surface area contributed by atoms with E-state index in [4.69, 9.17) is 0 Å². The van der Waals surface area contributed by atoms with Crippen molar-refractivity contribution >= 4 is 15.9 Å². The molecule has 0 aromatic heterocycles. The molecule has 1 aromatic rings. The van der Waals surface area contributed by atoms with Crippen molar-refractivity contribution in [3.63, 3.8) is 0 Å². The van der Waals surface area contributed by atoms with Crippen molar-refractivity contribution < 1.29 is 4.39 Å². The van der Waals surface area contributed by atoms with Gasteiger partial charge in [0.05, 0.1) is 4.47 Å². The van der Waals surface area contributed by atoms with Crippen LogP contribution in [0, 0.1) is 11.7 Å². The van der Waals surface area contributed by atoms with Gasteiger partial charge < -0.3 is 5.32 Å². The van der Waals surface area contributed by atoms with E-state index < -0.39 is 0 Å². The second-order valence-corrected chi connectivity index (χ2v) is 6.48. The molecule has 1 aliphatic heterocycles. The zero-order chi connectivity index (χ0) is 13.2. The molecule has 104 valence electrons. The maximum atomic E-state index is 14.4. The first-order valence-electron chi connectivity index (χ1n) is 7.14. The van der Waals surface area contributed by atoms with Crippen LogP contribution in [0.5, 0.6) is 0 Å². The molecule has 0 spiro atoms. The van der Waals surface area contributed by atoms with Gasteiger partial charge in [-0.25, -0.2) is 4.39 Å². The third kappa shape index (κ3) is 3.18. The summed E-state index contributed by atoms with van der Waals surface area (Å²) in [6.07, 6.45) is 3.74. The molecular formula is C15H20BrFN2. The summed E-state index contributed by atoms with van der Waals surface area (Å²) in [5.74, 6) is 0.727. The molecule has 1 aromatic carbocycles. The zero-order valence-electron chi connectivity index (χ0n) is 11.0. The van der Waals surface area contributed by atoms with Gasteiger partial charge in [-0.15, -0.1) is 0 Å². The van der Waals surface area contributed by atoms with E-state index in [1.54, 1.807) is 6.07 Å². The summed E-state index contributed by atoms with van der Waals surface area (Å²) >= 11 is 3.31. The van der Waals surface area contributed by atoms with Crippen molar-refractivity contribution in [1.82, 2.24) is 10.2 Å². The highest BCUT2D eigenvalue weighted by molar-refractivity contribution is 9.10. The summed E-state index contributed by atoms with van der Waals surface area (Å²) in [6.45, 7) is 4.06. The molecular weight excluding hydrogens is 307 g/mol. The van der Waals surface area contributed by atoms with Gasteiger partial charge in [0.1, 0.15) is 5.82 Å². The molecule has 4 heteroatoms. The lowest BCUT2D eigenvalue weighted by atomic mass is 9.98. The quantitative estimate of drug-likeness (QED) is 0.912. The maximum absolute atomic E-state index is 14.4. The number of nitrogens with zero attached hydrogens (tertiary/aromatic N) is 1. The largest absolute Gasteiger partial charge is 0.314 e. The van der Waals surface area contributed by atoms with Gasteiger partial charge in [0, 0.05) is 37.8 Å². The number of piperazine rings is 1. The predicted molar refractivity (Wildman–Crippen MR) is 78.6 cm³/mol. The molecule has 1 aliphatic carbocycles. The first-order valence-corrected chi connectivity index (χ1v) is 7.93. The van der Waals surface area contributed by atoms with Crippen molar-refractivity contribution in [3.8, 4) is 0 Å². The van der Waals surface area contributed by atoms with Crippen LogP contribution in [-0.2, 0) is 0 Å². The number of benzene rings is 1. The minimum atomic E-state index is -0.0771. The van der Waals surface area contributed by atoms with Gasteiger partial charge in [0.2, 0.25) is 0 Å². The molecule has 1 heterocycles. The van der Waals surface area contributed by atoms with Gasteiger partial charge in [-0.3, -0.25) is 4.90 Å². The Morgan fingerprint density at radius 2 is 2.05 bits per heavy atom. The zero-order valence-corrected chi connectivity index (χ0v) is 12.6. The molecule has 1 N–H and O–H groups in total. The van der Waals surface area contributed by atoms with E-state index in [0.29, 0.717) is 4.47 Å². The second-order valence-electron chi connectivity index (χ2n) is 5.62. The van der Waals surface area contributed by atoms with E-state index in [2.05, 4.69) is 26.1 Å². The van der Waals surface area contributed by atoms with E-state index in [0.717, 1.165) is 44.1 Å². The Morgan fingerprint density at radius 3 is 2.74 bits per heavy atom. The van der Waals surface area contributed by atoms with E-state index in [1.165, 1.54) is 12.8 Å². The molecule has 1 saturated carbocycles. The van der Waals surface area contributed by atoms with E-state index in [9.17, 15) is 4.39 Å².